The fraction of sp³-hybridized carbons (Fsp3) is 0.565. The van der Waals surface area contributed by atoms with E-state index in [-0.39, 0.29) is 22.8 Å². The Morgan fingerprint density at radius 3 is 2.25 bits per heavy atom. The van der Waals surface area contributed by atoms with E-state index in [0.29, 0.717) is 44.8 Å². The van der Waals surface area contributed by atoms with Gasteiger partial charge in [0.1, 0.15) is 5.82 Å². The second-order valence-corrected chi connectivity index (χ2v) is 10.8. The van der Waals surface area contributed by atoms with Crippen LogP contribution in [0.15, 0.2) is 41.6 Å². The molecule has 0 radical (unpaired) electrons. The van der Waals surface area contributed by atoms with E-state index in [4.69, 9.17) is 0 Å². The predicted molar refractivity (Wildman–Crippen MR) is 120 cm³/mol. The summed E-state index contributed by atoms with van der Waals surface area (Å²) in [6, 6.07) is 9.68. The molecule has 2 fully saturated rings. The van der Waals surface area contributed by atoms with Crippen LogP contribution in [0, 0.1) is 18.8 Å². The summed E-state index contributed by atoms with van der Waals surface area (Å²) in [5.74, 6) is 0.760. The molecule has 2 saturated heterocycles. The Hall–Kier alpha value is -2.23. The van der Waals surface area contributed by atoms with E-state index in [1.54, 1.807) is 18.5 Å². The molecule has 4 rings (SSSR count). The quantitative estimate of drug-likeness (QED) is 0.737. The number of sulfonamides is 1. The molecule has 0 aliphatic carbocycles. The lowest BCUT2D eigenvalue weighted by Crippen LogP contribution is -2.47. The van der Waals surface area contributed by atoms with Crippen molar-refractivity contribution in [1.82, 2.24) is 18.8 Å². The Balaban J connectivity index is 1.29. The van der Waals surface area contributed by atoms with Crippen molar-refractivity contribution >= 4 is 15.9 Å². The van der Waals surface area contributed by atoms with Crippen molar-refractivity contribution in [2.45, 2.75) is 43.7 Å². The number of benzene rings is 1. The molecule has 174 valence electrons. The highest BCUT2D eigenvalue weighted by molar-refractivity contribution is 7.89. The molecule has 0 saturated carbocycles. The molecular weight excluding hydrogens is 428 g/mol. The SMILES string of the molecule is Cc1nc(S(=O)(=O)N2CCC(C(=O)N3CCC(C(O)c4ccccc4)CC3)CC2)cn1C. The number of hydrogen-bond acceptors (Lipinski definition) is 5. The Kier molecular flexibility index (Phi) is 6.69. The molecule has 2 aliphatic rings. The fourth-order valence-corrected chi connectivity index (χ4v) is 6.24. The molecule has 2 aromatic rings. The largest absolute Gasteiger partial charge is 0.388 e. The average molecular weight is 461 g/mol. The van der Waals surface area contributed by atoms with Crippen molar-refractivity contribution in [2.24, 2.45) is 18.9 Å². The number of aliphatic hydroxyl groups excluding tert-OH is 1. The van der Waals surface area contributed by atoms with Crippen LogP contribution in [0.1, 0.15) is 43.2 Å². The summed E-state index contributed by atoms with van der Waals surface area (Å²) in [4.78, 5) is 19.1. The van der Waals surface area contributed by atoms with E-state index in [0.717, 1.165) is 18.4 Å². The number of imidazole rings is 1. The van der Waals surface area contributed by atoms with Crippen LogP contribution in [0.25, 0.3) is 0 Å². The first-order valence-electron chi connectivity index (χ1n) is 11.3. The molecule has 32 heavy (non-hydrogen) atoms. The number of likely N-dealkylation sites (tertiary alicyclic amines) is 1. The lowest BCUT2D eigenvalue weighted by atomic mass is 9.86. The molecule has 3 heterocycles. The summed E-state index contributed by atoms with van der Waals surface area (Å²) in [7, 11) is -1.86. The van der Waals surface area contributed by atoms with Gasteiger partial charge in [0.2, 0.25) is 5.91 Å². The number of carbonyl (C=O) groups is 1. The second kappa shape index (κ2) is 9.33. The number of aromatic nitrogens is 2. The van der Waals surface area contributed by atoms with Crippen molar-refractivity contribution in [1.29, 1.82) is 0 Å². The summed E-state index contributed by atoms with van der Waals surface area (Å²) >= 11 is 0. The van der Waals surface area contributed by atoms with Gasteiger partial charge >= 0.3 is 0 Å². The van der Waals surface area contributed by atoms with Crippen molar-refractivity contribution < 1.29 is 18.3 Å². The van der Waals surface area contributed by atoms with Crippen molar-refractivity contribution in [3.05, 3.63) is 47.9 Å². The van der Waals surface area contributed by atoms with E-state index in [2.05, 4.69) is 4.98 Å². The van der Waals surface area contributed by atoms with Gasteiger partial charge in [-0.05, 0) is 44.1 Å². The number of nitrogens with zero attached hydrogens (tertiary/aromatic N) is 4. The summed E-state index contributed by atoms with van der Waals surface area (Å²) in [6.45, 7) is 3.71. The third kappa shape index (κ3) is 4.60. The van der Waals surface area contributed by atoms with Crippen molar-refractivity contribution in [3.8, 4) is 0 Å². The minimum absolute atomic E-state index is 0.0707. The fourth-order valence-electron chi connectivity index (χ4n) is 4.74. The monoisotopic (exact) mass is 460 g/mol. The first-order valence-corrected chi connectivity index (χ1v) is 12.7. The van der Waals surface area contributed by atoms with Gasteiger partial charge in [-0.3, -0.25) is 4.79 Å². The molecule has 1 aromatic carbocycles. The molecule has 1 unspecified atom stereocenters. The highest BCUT2D eigenvalue weighted by atomic mass is 32.2. The number of aryl methyl sites for hydroxylation is 2. The highest BCUT2D eigenvalue weighted by Gasteiger charge is 2.36. The zero-order chi connectivity index (χ0) is 22.9. The number of aliphatic hydroxyl groups is 1. The van der Waals surface area contributed by atoms with Gasteiger partial charge in [0.25, 0.3) is 10.0 Å². The second-order valence-electron chi connectivity index (χ2n) is 8.93. The van der Waals surface area contributed by atoms with Crippen molar-refractivity contribution in [3.63, 3.8) is 0 Å². The number of carbonyl (C=O) groups excluding carboxylic acids is 1. The zero-order valence-electron chi connectivity index (χ0n) is 18.7. The normalized spacial score (nSPS) is 20.4. The Morgan fingerprint density at radius 2 is 1.69 bits per heavy atom. The van der Waals surface area contributed by atoms with Crippen LogP contribution < -0.4 is 0 Å². The van der Waals surface area contributed by atoms with E-state index < -0.39 is 16.1 Å². The maximum absolute atomic E-state index is 13.1. The molecule has 1 aromatic heterocycles. The Labute approximate surface area is 189 Å². The van der Waals surface area contributed by atoms with Crippen LogP contribution >= 0.6 is 0 Å². The van der Waals surface area contributed by atoms with E-state index in [9.17, 15) is 18.3 Å². The standard InChI is InChI=1S/C23H32N4O4S/c1-17-24-21(16-25(17)2)32(30,31)27-14-10-20(11-15-27)23(29)26-12-8-19(9-13-26)22(28)18-6-4-3-5-7-18/h3-7,16,19-20,22,28H,8-15H2,1-2H3. The molecule has 1 amide bonds. The minimum atomic E-state index is -3.63. The Morgan fingerprint density at radius 1 is 1.06 bits per heavy atom. The molecule has 8 nitrogen and oxygen atoms in total. The van der Waals surface area contributed by atoms with Crippen LogP contribution in [0.2, 0.25) is 0 Å². The molecule has 1 N–H and O–H groups in total. The lowest BCUT2D eigenvalue weighted by Gasteiger charge is -2.38. The van der Waals surface area contributed by atoms with Crippen molar-refractivity contribution in [2.75, 3.05) is 26.2 Å². The summed E-state index contributed by atoms with van der Waals surface area (Å²) in [5, 5.41) is 10.7. The number of amides is 1. The van der Waals surface area contributed by atoms with Crippen LogP contribution in [0.3, 0.4) is 0 Å². The molecule has 0 bridgehead atoms. The van der Waals surface area contributed by atoms with Gasteiger partial charge in [0.15, 0.2) is 5.03 Å². The summed E-state index contributed by atoms with van der Waals surface area (Å²) in [5.41, 5.74) is 0.925. The first-order chi connectivity index (χ1) is 15.3. The predicted octanol–water partition coefficient (Wildman–Crippen LogP) is 2.10. The number of hydrogen-bond donors (Lipinski definition) is 1. The molecule has 1 atom stereocenters. The van der Waals surface area contributed by atoms with Crippen LogP contribution in [0.5, 0.6) is 0 Å². The molecular formula is C23H32N4O4S. The van der Waals surface area contributed by atoms with Gasteiger partial charge in [-0.25, -0.2) is 13.4 Å². The van der Waals surface area contributed by atoms with Gasteiger partial charge in [0.05, 0.1) is 6.10 Å². The topological polar surface area (TPSA) is 95.7 Å². The molecule has 0 spiro atoms. The maximum atomic E-state index is 13.1. The Bertz CT molecular complexity index is 1020. The van der Waals surface area contributed by atoms with Gasteiger partial charge in [0, 0.05) is 45.3 Å². The smallest absolute Gasteiger partial charge is 0.262 e. The molecule has 2 aliphatic heterocycles. The van der Waals surface area contributed by atoms with Crippen LogP contribution in [-0.2, 0) is 21.9 Å². The third-order valence-corrected chi connectivity index (χ3v) is 8.70. The zero-order valence-corrected chi connectivity index (χ0v) is 19.5. The lowest BCUT2D eigenvalue weighted by molar-refractivity contribution is -0.138. The van der Waals surface area contributed by atoms with E-state index in [1.165, 1.54) is 10.5 Å². The van der Waals surface area contributed by atoms with Gasteiger partial charge < -0.3 is 14.6 Å². The first kappa shape index (κ1) is 22.9. The van der Waals surface area contributed by atoms with Gasteiger partial charge in [-0.2, -0.15) is 4.31 Å². The summed E-state index contributed by atoms with van der Waals surface area (Å²) < 4.78 is 28.9. The summed E-state index contributed by atoms with van der Waals surface area (Å²) in [6.07, 6.45) is 3.63. The molecule has 9 heteroatoms. The average Bonchev–Trinajstić information content (AvgIpc) is 3.18. The van der Waals surface area contributed by atoms with Gasteiger partial charge in [-0.1, -0.05) is 30.3 Å². The minimum Gasteiger partial charge on any atom is -0.388 e. The van der Waals surface area contributed by atoms with Crippen LogP contribution in [0.4, 0.5) is 0 Å². The van der Waals surface area contributed by atoms with E-state index >= 15 is 0 Å². The maximum Gasteiger partial charge on any atom is 0.262 e. The number of piperidine rings is 2. The van der Waals surface area contributed by atoms with E-state index in [1.807, 2.05) is 35.2 Å². The van der Waals surface area contributed by atoms with Crippen LogP contribution in [-0.4, -0.2) is 64.4 Å². The van der Waals surface area contributed by atoms with Gasteiger partial charge in [-0.15, -0.1) is 0 Å². The highest BCUT2D eigenvalue weighted by Crippen LogP contribution is 2.32. The number of rotatable bonds is 5. The third-order valence-electron chi connectivity index (χ3n) is 6.93.